The molecule has 1 heterocycles. The van der Waals surface area contributed by atoms with Crippen LogP contribution < -0.4 is 33.4 Å². The van der Waals surface area contributed by atoms with Crippen LogP contribution in [0.4, 0.5) is 5.69 Å². The Balaban J connectivity index is 0.00000208. The molecular formula is C20H23IN2S. The normalized spacial score (nSPS) is 11.0. The molecule has 0 aliphatic rings. The lowest BCUT2D eigenvalue weighted by Crippen LogP contribution is -3.00. The van der Waals surface area contributed by atoms with E-state index in [1.807, 2.05) is 11.3 Å². The van der Waals surface area contributed by atoms with Crippen LogP contribution in [0.2, 0.25) is 0 Å². The molecule has 0 aliphatic heterocycles. The first-order valence-corrected chi connectivity index (χ1v) is 8.78. The fourth-order valence-electron chi connectivity index (χ4n) is 2.71. The van der Waals surface area contributed by atoms with E-state index < -0.39 is 0 Å². The lowest BCUT2D eigenvalue weighted by molar-refractivity contribution is -0.665. The average molecular weight is 450 g/mol. The highest BCUT2D eigenvalue weighted by atomic mass is 127. The van der Waals surface area contributed by atoms with Gasteiger partial charge in [-0.25, -0.2) is 0 Å². The summed E-state index contributed by atoms with van der Waals surface area (Å²) in [6.45, 7) is 5.35. The molecule has 24 heavy (non-hydrogen) atoms. The van der Waals surface area contributed by atoms with Gasteiger partial charge in [-0.2, -0.15) is 4.57 Å². The van der Waals surface area contributed by atoms with E-state index in [0.717, 1.165) is 6.54 Å². The summed E-state index contributed by atoms with van der Waals surface area (Å²) in [7, 11) is 4.13. The molecule has 0 aliphatic carbocycles. The SMILES string of the molecule is CC[n+]1c(/C=C/c2ccc(N(C)C)cc2)sc2ccc(C)cc21.[I-]. The Morgan fingerprint density at radius 3 is 2.38 bits per heavy atom. The molecule has 0 N–H and O–H groups in total. The first kappa shape index (κ1) is 18.9. The molecule has 0 atom stereocenters. The van der Waals surface area contributed by atoms with Gasteiger partial charge < -0.3 is 28.9 Å². The molecule has 126 valence electrons. The van der Waals surface area contributed by atoms with E-state index in [4.69, 9.17) is 0 Å². The van der Waals surface area contributed by atoms with Gasteiger partial charge in [-0.1, -0.05) is 29.5 Å². The molecule has 0 saturated heterocycles. The van der Waals surface area contributed by atoms with Crippen LogP contribution in [0.25, 0.3) is 22.4 Å². The summed E-state index contributed by atoms with van der Waals surface area (Å²) >= 11 is 1.85. The molecule has 0 bridgehead atoms. The lowest BCUT2D eigenvalue weighted by Gasteiger charge is -2.11. The van der Waals surface area contributed by atoms with Crippen molar-refractivity contribution in [3.05, 3.63) is 58.6 Å². The molecule has 0 fully saturated rings. The van der Waals surface area contributed by atoms with E-state index in [9.17, 15) is 0 Å². The second-order valence-electron chi connectivity index (χ2n) is 5.98. The fraction of sp³-hybridized carbons (Fsp3) is 0.250. The van der Waals surface area contributed by atoms with Gasteiger partial charge in [0.25, 0.3) is 5.01 Å². The highest BCUT2D eigenvalue weighted by molar-refractivity contribution is 7.18. The second-order valence-corrected chi connectivity index (χ2v) is 7.04. The number of benzene rings is 2. The summed E-state index contributed by atoms with van der Waals surface area (Å²) < 4.78 is 3.73. The lowest BCUT2D eigenvalue weighted by atomic mass is 10.2. The second kappa shape index (κ2) is 8.12. The maximum absolute atomic E-state index is 2.39. The maximum atomic E-state index is 2.39. The Labute approximate surface area is 165 Å². The Hall–Kier alpha value is -1.40. The van der Waals surface area contributed by atoms with Crippen LogP contribution in [0.15, 0.2) is 42.5 Å². The maximum Gasteiger partial charge on any atom is 0.262 e. The molecule has 0 amide bonds. The number of nitrogens with zero attached hydrogens (tertiary/aromatic N) is 2. The van der Waals surface area contributed by atoms with Crippen LogP contribution in [-0.4, -0.2) is 14.1 Å². The number of aromatic nitrogens is 1. The molecule has 0 unspecified atom stereocenters. The van der Waals surface area contributed by atoms with Crippen molar-refractivity contribution in [1.29, 1.82) is 0 Å². The quantitative estimate of drug-likeness (QED) is 0.434. The number of halogens is 1. The molecule has 2 aromatic carbocycles. The predicted octanol–water partition coefficient (Wildman–Crippen LogP) is 1.76. The van der Waals surface area contributed by atoms with Crippen LogP contribution in [-0.2, 0) is 6.54 Å². The number of fused-ring (bicyclic) bond motifs is 1. The van der Waals surface area contributed by atoms with Gasteiger partial charge in [0.15, 0.2) is 0 Å². The van der Waals surface area contributed by atoms with Gasteiger partial charge in [0.05, 0.1) is 0 Å². The zero-order valence-corrected chi connectivity index (χ0v) is 17.6. The fourth-order valence-corrected chi connectivity index (χ4v) is 3.82. The van der Waals surface area contributed by atoms with Gasteiger partial charge >= 0.3 is 0 Å². The van der Waals surface area contributed by atoms with Gasteiger partial charge in [-0.3, -0.25) is 0 Å². The topological polar surface area (TPSA) is 7.12 Å². The van der Waals surface area contributed by atoms with Gasteiger partial charge in [-0.15, -0.1) is 0 Å². The summed E-state index contributed by atoms with van der Waals surface area (Å²) in [5, 5.41) is 1.30. The van der Waals surface area contributed by atoms with Crippen molar-refractivity contribution in [2.45, 2.75) is 20.4 Å². The van der Waals surface area contributed by atoms with Crippen LogP contribution in [0.5, 0.6) is 0 Å². The summed E-state index contributed by atoms with van der Waals surface area (Å²) in [6.07, 6.45) is 4.43. The highest BCUT2D eigenvalue weighted by Crippen LogP contribution is 2.23. The number of hydrogen-bond donors (Lipinski definition) is 0. The van der Waals surface area contributed by atoms with Crippen molar-refractivity contribution < 1.29 is 28.5 Å². The van der Waals surface area contributed by atoms with Crippen LogP contribution in [0.1, 0.15) is 23.1 Å². The average Bonchev–Trinajstić information content (AvgIpc) is 2.90. The van der Waals surface area contributed by atoms with Gasteiger partial charge in [0.1, 0.15) is 11.2 Å². The molecule has 4 heteroatoms. The van der Waals surface area contributed by atoms with E-state index in [1.165, 1.54) is 32.0 Å². The summed E-state index contributed by atoms with van der Waals surface area (Å²) in [5.41, 5.74) is 5.10. The van der Waals surface area contributed by atoms with Gasteiger partial charge in [0, 0.05) is 31.9 Å². The first-order valence-electron chi connectivity index (χ1n) is 7.97. The van der Waals surface area contributed by atoms with Crippen molar-refractivity contribution in [2.75, 3.05) is 19.0 Å². The van der Waals surface area contributed by atoms with Crippen molar-refractivity contribution in [3.8, 4) is 0 Å². The highest BCUT2D eigenvalue weighted by Gasteiger charge is 2.16. The molecule has 3 aromatic rings. The molecule has 0 radical (unpaired) electrons. The van der Waals surface area contributed by atoms with E-state index >= 15 is 0 Å². The summed E-state index contributed by atoms with van der Waals surface area (Å²) in [5.74, 6) is 0. The summed E-state index contributed by atoms with van der Waals surface area (Å²) in [4.78, 5) is 2.12. The standard InChI is InChI=1S/C20H23N2S.HI/c1-5-22-18-14-15(2)6-12-19(18)23-20(22)13-9-16-7-10-17(11-8-16)21(3)4;/h6-14H,5H2,1-4H3;1H/q+1;/p-1. The van der Waals surface area contributed by atoms with Crippen LogP contribution in [0, 0.1) is 6.92 Å². The van der Waals surface area contributed by atoms with E-state index in [1.54, 1.807) is 0 Å². The third-order valence-electron chi connectivity index (χ3n) is 4.03. The van der Waals surface area contributed by atoms with Gasteiger partial charge in [0.2, 0.25) is 5.52 Å². The Morgan fingerprint density at radius 1 is 1.04 bits per heavy atom. The molecular weight excluding hydrogens is 427 g/mol. The third kappa shape index (κ3) is 3.98. The number of rotatable bonds is 4. The minimum absolute atomic E-state index is 0. The molecule has 2 nitrogen and oxygen atoms in total. The predicted molar refractivity (Wildman–Crippen MR) is 102 cm³/mol. The molecule has 3 rings (SSSR count). The Morgan fingerprint density at radius 2 is 1.75 bits per heavy atom. The van der Waals surface area contributed by atoms with E-state index in [0.29, 0.717) is 0 Å². The number of hydrogen-bond acceptors (Lipinski definition) is 2. The minimum Gasteiger partial charge on any atom is -1.00 e. The van der Waals surface area contributed by atoms with Gasteiger partial charge in [-0.05, 0) is 49.2 Å². The number of anilines is 1. The van der Waals surface area contributed by atoms with Crippen molar-refractivity contribution in [2.24, 2.45) is 0 Å². The Bertz CT molecular complexity index is 848. The zero-order chi connectivity index (χ0) is 16.4. The van der Waals surface area contributed by atoms with E-state index in [2.05, 4.69) is 92.0 Å². The smallest absolute Gasteiger partial charge is 0.262 e. The monoisotopic (exact) mass is 450 g/mol. The van der Waals surface area contributed by atoms with Crippen molar-refractivity contribution in [3.63, 3.8) is 0 Å². The van der Waals surface area contributed by atoms with Crippen molar-refractivity contribution >= 4 is 39.4 Å². The van der Waals surface area contributed by atoms with Crippen molar-refractivity contribution in [1.82, 2.24) is 0 Å². The minimum atomic E-state index is 0. The van der Waals surface area contributed by atoms with E-state index in [-0.39, 0.29) is 24.0 Å². The number of thiazole rings is 1. The number of aryl methyl sites for hydroxylation is 2. The summed E-state index contributed by atoms with van der Waals surface area (Å²) in [6, 6.07) is 15.3. The van der Waals surface area contributed by atoms with Crippen LogP contribution >= 0.6 is 11.3 Å². The zero-order valence-electron chi connectivity index (χ0n) is 14.6. The van der Waals surface area contributed by atoms with Crippen LogP contribution in [0.3, 0.4) is 0 Å². The molecule has 1 aromatic heterocycles. The Kier molecular flexibility index (Phi) is 6.40. The first-order chi connectivity index (χ1) is 11.1. The largest absolute Gasteiger partial charge is 1.00 e. The third-order valence-corrected chi connectivity index (χ3v) is 5.16. The molecule has 0 spiro atoms. The molecule has 0 saturated carbocycles.